The van der Waals surface area contributed by atoms with Crippen molar-refractivity contribution in [3.8, 4) is 0 Å². The van der Waals surface area contributed by atoms with Crippen molar-refractivity contribution in [1.82, 2.24) is 4.90 Å². The molecule has 0 unspecified atom stereocenters. The second kappa shape index (κ2) is 6.44. The van der Waals surface area contributed by atoms with Gasteiger partial charge in [-0.1, -0.05) is 34.0 Å². The Hall–Kier alpha value is -0.300. The van der Waals surface area contributed by atoms with Crippen LogP contribution in [0.25, 0.3) is 0 Å². The van der Waals surface area contributed by atoms with Crippen LogP contribution >= 0.6 is 38.2 Å². The molecule has 0 N–H and O–H groups in total. The molecule has 0 spiro atoms. The van der Waals surface area contributed by atoms with E-state index in [-0.39, 0.29) is 21.4 Å². The maximum atomic E-state index is 12.5. The van der Waals surface area contributed by atoms with Gasteiger partial charge < -0.3 is 4.90 Å². The molecule has 0 atom stereocenters. The first-order valence-electron chi connectivity index (χ1n) is 6.39. The van der Waals surface area contributed by atoms with E-state index in [2.05, 4.69) is 15.9 Å². The van der Waals surface area contributed by atoms with Gasteiger partial charge in [0.2, 0.25) is 0 Å². The number of benzene rings is 1. The minimum Gasteiger partial charge on any atom is -0.341 e. The van der Waals surface area contributed by atoms with Crippen LogP contribution < -0.4 is 0 Å². The van der Waals surface area contributed by atoms with Crippen molar-refractivity contribution in [3.05, 3.63) is 27.2 Å². The zero-order chi connectivity index (χ0) is 15.8. The highest BCUT2D eigenvalue weighted by atomic mass is 79.9. The monoisotopic (exact) mass is 413 g/mol. The Labute approximate surface area is 142 Å². The number of nitrogens with zero attached hydrogens (tertiary/aromatic N) is 1. The van der Waals surface area contributed by atoms with Gasteiger partial charge in [0.1, 0.15) is 4.90 Å². The van der Waals surface area contributed by atoms with E-state index < -0.39 is 9.05 Å². The quantitative estimate of drug-likeness (QED) is 0.702. The molecule has 1 aromatic rings. The summed E-state index contributed by atoms with van der Waals surface area (Å²) in [4.78, 5) is 13.8. The summed E-state index contributed by atoms with van der Waals surface area (Å²) in [5, 5.41) is -0.140. The standard InChI is InChI=1S/C13H14BrCl2NO3S/c1-17(7-8-3-2-4-8)13(18)10-5-9(14)6-11(12(10)15)21(16,19)20/h5-6,8H,2-4,7H2,1H3. The Bertz CT molecular complexity index is 674. The molecule has 0 aliphatic heterocycles. The normalized spacial score (nSPS) is 15.6. The number of carbonyl (C=O) groups is 1. The van der Waals surface area contributed by atoms with Gasteiger partial charge in [-0.3, -0.25) is 4.79 Å². The lowest BCUT2D eigenvalue weighted by Crippen LogP contribution is -2.34. The first-order chi connectivity index (χ1) is 9.70. The van der Waals surface area contributed by atoms with Crippen LogP contribution in [0, 0.1) is 5.92 Å². The SMILES string of the molecule is CN(CC1CCC1)C(=O)c1cc(Br)cc(S(=O)(=O)Cl)c1Cl. The molecule has 1 saturated carbocycles. The lowest BCUT2D eigenvalue weighted by molar-refractivity contribution is 0.0745. The third-order valence-corrected chi connectivity index (χ3v) is 5.92. The van der Waals surface area contributed by atoms with Crippen LogP contribution in [0.1, 0.15) is 29.6 Å². The van der Waals surface area contributed by atoms with E-state index in [4.69, 9.17) is 22.3 Å². The number of rotatable bonds is 4. The summed E-state index contributed by atoms with van der Waals surface area (Å²) in [6.45, 7) is 0.643. The van der Waals surface area contributed by atoms with Gasteiger partial charge in [0.05, 0.1) is 10.6 Å². The number of amides is 1. The Kier molecular flexibility index (Phi) is 5.23. The molecule has 0 bridgehead atoms. The zero-order valence-electron chi connectivity index (χ0n) is 11.3. The third kappa shape index (κ3) is 3.92. The fraction of sp³-hybridized carbons (Fsp3) is 0.462. The summed E-state index contributed by atoms with van der Waals surface area (Å²) >= 11 is 9.24. The molecule has 2 rings (SSSR count). The van der Waals surface area contributed by atoms with Crippen molar-refractivity contribution >= 4 is 53.2 Å². The first-order valence-corrected chi connectivity index (χ1v) is 9.87. The van der Waals surface area contributed by atoms with Crippen LogP contribution in [-0.2, 0) is 9.05 Å². The van der Waals surface area contributed by atoms with Gasteiger partial charge in [-0.15, -0.1) is 0 Å². The Morgan fingerprint density at radius 1 is 1.43 bits per heavy atom. The summed E-state index contributed by atoms with van der Waals surface area (Å²) < 4.78 is 23.5. The molecule has 0 radical (unpaired) electrons. The van der Waals surface area contributed by atoms with Crippen LogP contribution in [0.3, 0.4) is 0 Å². The molecule has 1 aliphatic carbocycles. The summed E-state index contributed by atoms with van der Waals surface area (Å²) in [6, 6.07) is 2.79. The van der Waals surface area contributed by atoms with Gasteiger partial charge in [-0.05, 0) is 30.9 Å². The molecule has 0 saturated heterocycles. The predicted octanol–water partition coefficient (Wildman–Crippen LogP) is 3.90. The van der Waals surface area contributed by atoms with E-state index in [0.29, 0.717) is 16.9 Å². The first kappa shape index (κ1) is 17.1. The predicted molar refractivity (Wildman–Crippen MR) is 86.5 cm³/mol. The number of carbonyl (C=O) groups excluding carboxylic acids is 1. The highest BCUT2D eigenvalue weighted by molar-refractivity contribution is 9.10. The molecule has 116 valence electrons. The average Bonchev–Trinajstić information content (AvgIpc) is 2.33. The Morgan fingerprint density at radius 2 is 2.05 bits per heavy atom. The van der Waals surface area contributed by atoms with Crippen molar-refractivity contribution in [2.75, 3.05) is 13.6 Å². The lowest BCUT2D eigenvalue weighted by atomic mass is 9.85. The third-order valence-electron chi connectivity index (χ3n) is 3.60. The van der Waals surface area contributed by atoms with E-state index in [1.807, 2.05) is 0 Å². The molecule has 0 heterocycles. The maximum absolute atomic E-state index is 12.5. The maximum Gasteiger partial charge on any atom is 0.262 e. The zero-order valence-corrected chi connectivity index (χ0v) is 15.2. The van der Waals surface area contributed by atoms with E-state index in [0.717, 1.165) is 12.8 Å². The molecule has 1 amide bonds. The van der Waals surface area contributed by atoms with Crippen LogP contribution in [0.2, 0.25) is 5.02 Å². The minimum absolute atomic E-state index is 0.132. The minimum atomic E-state index is -4.01. The molecular weight excluding hydrogens is 401 g/mol. The largest absolute Gasteiger partial charge is 0.341 e. The van der Waals surface area contributed by atoms with Crippen LogP contribution in [-0.4, -0.2) is 32.8 Å². The van der Waals surface area contributed by atoms with Gasteiger partial charge in [-0.2, -0.15) is 0 Å². The molecule has 0 aromatic heterocycles. The summed E-state index contributed by atoms with van der Waals surface area (Å²) in [5.74, 6) is 0.205. The molecule has 1 fully saturated rings. The summed E-state index contributed by atoms with van der Waals surface area (Å²) in [6.07, 6.45) is 3.43. The fourth-order valence-corrected chi connectivity index (χ4v) is 4.43. The molecular formula is C13H14BrCl2NO3S. The van der Waals surface area contributed by atoms with Crippen molar-refractivity contribution in [2.24, 2.45) is 5.92 Å². The van der Waals surface area contributed by atoms with Crippen molar-refractivity contribution in [1.29, 1.82) is 0 Å². The second-order valence-corrected chi connectivity index (χ2v) is 9.01. The molecule has 21 heavy (non-hydrogen) atoms. The van der Waals surface area contributed by atoms with Gasteiger partial charge in [0.15, 0.2) is 0 Å². The fourth-order valence-electron chi connectivity index (χ4n) is 2.25. The molecule has 1 aromatic carbocycles. The van der Waals surface area contributed by atoms with Crippen LogP contribution in [0.15, 0.2) is 21.5 Å². The topological polar surface area (TPSA) is 54.5 Å². The summed E-state index contributed by atoms with van der Waals surface area (Å²) in [7, 11) is 3.02. The van der Waals surface area contributed by atoms with Gasteiger partial charge in [-0.25, -0.2) is 8.42 Å². The highest BCUT2D eigenvalue weighted by Gasteiger charge is 2.26. The van der Waals surface area contributed by atoms with Gasteiger partial charge in [0, 0.05) is 28.7 Å². The Morgan fingerprint density at radius 3 is 2.52 bits per heavy atom. The van der Waals surface area contributed by atoms with E-state index in [1.54, 1.807) is 11.9 Å². The van der Waals surface area contributed by atoms with Crippen molar-refractivity contribution < 1.29 is 13.2 Å². The van der Waals surface area contributed by atoms with Crippen LogP contribution in [0.4, 0.5) is 0 Å². The number of halogens is 3. The van der Waals surface area contributed by atoms with Gasteiger partial charge in [0.25, 0.3) is 15.0 Å². The Balaban J connectivity index is 2.34. The molecule has 1 aliphatic rings. The summed E-state index contributed by atoms with van der Waals surface area (Å²) in [5.41, 5.74) is 0.132. The van der Waals surface area contributed by atoms with E-state index >= 15 is 0 Å². The molecule has 8 heteroatoms. The van der Waals surface area contributed by atoms with Crippen LogP contribution in [0.5, 0.6) is 0 Å². The lowest BCUT2D eigenvalue weighted by Gasteiger charge is -2.30. The van der Waals surface area contributed by atoms with E-state index in [1.165, 1.54) is 18.6 Å². The van der Waals surface area contributed by atoms with E-state index in [9.17, 15) is 13.2 Å². The van der Waals surface area contributed by atoms with Gasteiger partial charge >= 0.3 is 0 Å². The second-order valence-electron chi connectivity index (χ2n) is 5.19. The van der Waals surface area contributed by atoms with Crippen molar-refractivity contribution in [2.45, 2.75) is 24.2 Å². The molecule has 4 nitrogen and oxygen atoms in total. The van der Waals surface area contributed by atoms with Crippen molar-refractivity contribution in [3.63, 3.8) is 0 Å². The highest BCUT2D eigenvalue weighted by Crippen LogP contribution is 2.33. The average molecular weight is 415 g/mol. The number of hydrogen-bond donors (Lipinski definition) is 0. The smallest absolute Gasteiger partial charge is 0.262 e. The number of hydrogen-bond acceptors (Lipinski definition) is 3.